The lowest BCUT2D eigenvalue weighted by Gasteiger charge is -2.08. The van der Waals surface area contributed by atoms with E-state index in [1.165, 1.54) is 21.8 Å². The van der Waals surface area contributed by atoms with Gasteiger partial charge in [0.05, 0.1) is 0 Å². The van der Waals surface area contributed by atoms with Crippen molar-refractivity contribution < 1.29 is 8.42 Å². The van der Waals surface area contributed by atoms with Gasteiger partial charge >= 0.3 is 0 Å². The summed E-state index contributed by atoms with van der Waals surface area (Å²) < 4.78 is 27.1. The Hall–Kier alpha value is -2.12. The van der Waals surface area contributed by atoms with E-state index >= 15 is 0 Å². The number of aryl methyl sites for hydroxylation is 1. The molecule has 1 N–H and O–H groups in total. The standard InChI is InChI=1S/C20H25N3O2S2/c1-4-19-21-9-10-23(19)13-15-5-7-16(8-6-15)18-12-17(11-14(2)3)26-20(18)22-27(24)25/h5-10,12,14,27H,4,11,13H2,1-3H3,(H,22,24,25). The molecule has 0 amide bonds. The number of hydrogen-bond donors (Lipinski definition) is 2. The van der Waals surface area contributed by atoms with Gasteiger partial charge in [0.15, 0.2) is 0 Å². The second-order valence-electron chi connectivity index (χ2n) is 6.94. The van der Waals surface area contributed by atoms with Crippen molar-refractivity contribution in [2.45, 2.75) is 40.2 Å². The molecule has 0 saturated heterocycles. The summed E-state index contributed by atoms with van der Waals surface area (Å²) in [6.07, 6.45) is 5.67. The van der Waals surface area contributed by atoms with Crippen molar-refractivity contribution in [3.8, 4) is 11.1 Å². The van der Waals surface area contributed by atoms with E-state index in [0.717, 1.165) is 36.3 Å². The summed E-state index contributed by atoms with van der Waals surface area (Å²) in [5, 5.41) is 0.692. The van der Waals surface area contributed by atoms with Gasteiger partial charge in [-0.05, 0) is 29.5 Å². The van der Waals surface area contributed by atoms with Gasteiger partial charge < -0.3 is 4.57 Å². The number of anilines is 1. The number of benzene rings is 1. The molecular formula is C20H25N3O2S2. The first-order chi connectivity index (χ1) is 13.0. The lowest BCUT2D eigenvalue weighted by atomic mass is 10.0. The number of hydrogen-bond acceptors (Lipinski definition) is 4. The van der Waals surface area contributed by atoms with Crippen molar-refractivity contribution in [3.63, 3.8) is 0 Å². The minimum absolute atomic E-state index is 0.524. The van der Waals surface area contributed by atoms with Crippen LogP contribution in [-0.2, 0) is 30.3 Å². The average Bonchev–Trinajstić information content (AvgIpc) is 3.21. The van der Waals surface area contributed by atoms with Crippen LogP contribution in [0.25, 0.3) is 11.1 Å². The molecule has 3 rings (SSSR count). The number of thiol groups is 1. The number of aromatic nitrogens is 2. The van der Waals surface area contributed by atoms with Crippen LogP contribution in [0.4, 0.5) is 5.00 Å². The Kier molecular flexibility index (Phi) is 6.34. The maximum atomic E-state index is 11.2. The molecule has 0 bridgehead atoms. The van der Waals surface area contributed by atoms with E-state index in [4.69, 9.17) is 0 Å². The van der Waals surface area contributed by atoms with Crippen molar-refractivity contribution in [2.24, 2.45) is 5.92 Å². The van der Waals surface area contributed by atoms with Gasteiger partial charge in [0, 0.05) is 35.8 Å². The summed E-state index contributed by atoms with van der Waals surface area (Å²) in [4.78, 5) is 5.55. The second kappa shape index (κ2) is 8.71. The predicted octanol–water partition coefficient (Wildman–Crippen LogP) is 4.36. The molecule has 0 aliphatic heterocycles. The highest BCUT2D eigenvalue weighted by molar-refractivity contribution is 7.74. The highest BCUT2D eigenvalue weighted by Crippen LogP contribution is 2.37. The van der Waals surface area contributed by atoms with Gasteiger partial charge in [0.1, 0.15) is 10.8 Å². The van der Waals surface area contributed by atoms with Crippen LogP contribution in [0.2, 0.25) is 0 Å². The molecule has 5 nitrogen and oxygen atoms in total. The van der Waals surface area contributed by atoms with Crippen molar-refractivity contribution >= 4 is 27.2 Å². The van der Waals surface area contributed by atoms with Gasteiger partial charge in [-0.25, -0.2) is 13.4 Å². The third kappa shape index (κ3) is 4.99. The minimum Gasteiger partial charge on any atom is -0.331 e. The molecule has 144 valence electrons. The number of rotatable bonds is 8. The van der Waals surface area contributed by atoms with Crippen LogP contribution >= 0.6 is 11.3 Å². The van der Waals surface area contributed by atoms with E-state index in [1.54, 1.807) is 0 Å². The van der Waals surface area contributed by atoms with Crippen LogP contribution in [0, 0.1) is 5.92 Å². The van der Waals surface area contributed by atoms with Crippen LogP contribution in [0.5, 0.6) is 0 Å². The molecule has 7 heteroatoms. The maximum Gasteiger partial charge on any atom is 0.223 e. The van der Waals surface area contributed by atoms with E-state index in [1.807, 2.05) is 12.4 Å². The molecule has 0 radical (unpaired) electrons. The van der Waals surface area contributed by atoms with Gasteiger partial charge in [0.25, 0.3) is 0 Å². The molecule has 0 aliphatic rings. The van der Waals surface area contributed by atoms with Crippen LogP contribution in [0.1, 0.15) is 37.0 Å². The Labute approximate surface area is 166 Å². The summed E-state index contributed by atoms with van der Waals surface area (Å²) >= 11 is 1.52. The van der Waals surface area contributed by atoms with Crippen molar-refractivity contribution in [2.75, 3.05) is 4.72 Å². The van der Waals surface area contributed by atoms with E-state index in [0.29, 0.717) is 10.9 Å². The van der Waals surface area contributed by atoms with Crippen molar-refractivity contribution in [3.05, 3.63) is 59.0 Å². The van der Waals surface area contributed by atoms with Gasteiger partial charge in [-0.1, -0.05) is 45.0 Å². The molecular weight excluding hydrogens is 378 g/mol. The fourth-order valence-electron chi connectivity index (χ4n) is 3.11. The Morgan fingerprint density at radius 3 is 2.59 bits per heavy atom. The zero-order chi connectivity index (χ0) is 19.4. The summed E-state index contributed by atoms with van der Waals surface area (Å²) in [6.45, 7) is 7.21. The molecule has 0 atom stereocenters. The number of nitrogens with one attached hydrogen (secondary N) is 1. The molecule has 0 spiro atoms. The quantitative estimate of drug-likeness (QED) is 0.549. The summed E-state index contributed by atoms with van der Waals surface area (Å²) in [5.41, 5.74) is 3.15. The zero-order valence-electron chi connectivity index (χ0n) is 15.8. The van der Waals surface area contributed by atoms with Gasteiger partial charge in [0.2, 0.25) is 10.9 Å². The summed E-state index contributed by atoms with van der Waals surface area (Å²) in [6, 6.07) is 10.4. The molecule has 2 aromatic heterocycles. The van der Waals surface area contributed by atoms with E-state index in [2.05, 4.69) is 65.4 Å². The first kappa shape index (κ1) is 19.6. The van der Waals surface area contributed by atoms with E-state index in [9.17, 15) is 8.42 Å². The Morgan fingerprint density at radius 2 is 1.96 bits per heavy atom. The fourth-order valence-corrected chi connectivity index (χ4v) is 4.95. The number of thiophene rings is 1. The van der Waals surface area contributed by atoms with Gasteiger partial charge in [-0.15, -0.1) is 11.3 Å². The van der Waals surface area contributed by atoms with Crippen LogP contribution in [0.3, 0.4) is 0 Å². The van der Waals surface area contributed by atoms with E-state index in [-0.39, 0.29) is 0 Å². The Bertz CT molecular complexity index is 962. The maximum absolute atomic E-state index is 11.2. The molecule has 1 aromatic carbocycles. The first-order valence-corrected chi connectivity index (χ1v) is 11.1. The predicted molar refractivity (Wildman–Crippen MR) is 113 cm³/mol. The highest BCUT2D eigenvalue weighted by Gasteiger charge is 2.13. The molecule has 0 unspecified atom stereocenters. The van der Waals surface area contributed by atoms with Gasteiger partial charge in [-0.2, -0.15) is 0 Å². The summed E-state index contributed by atoms with van der Waals surface area (Å²) in [5.74, 6) is 1.59. The third-order valence-electron chi connectivity index (χ3n) is 4.32. The third-order valence-corrected chi connectivity index (χ3v) is 5.95. The number of nitrogens with zero attached hydrogens (tertiary/aromatic N) is 2. The Morgan fingerprint density at radius 1 is 1.22 bits per heavy atom. The van der Waals surface area contributed by atoms with Crippen molar-refractivity contribution in [1.29, 1.82) is 0 Å². The van der Waals surface area contributed by atoms with Crippen molar-refractivity contribution in [1.82, 2.24) is 9.55 Å². The fraction of sp³-hybridized carbons (Fsp3) is 0.350. The lowest BCUT2D eigenvalue weighted by Crippen LogP contribution is -2.03. The Balaban J connectivity index is 1.86. The lowest BCUT2D eigenvalue weighted by molar-refractivity contribution is 0.619. The van der Waals surface area contributed by atoms with Gasteiger partial charge in [-0.3, -0.25) is 4.72 Å². The normalized spacial score (nSPS) is 11.4. The SMILES string of the molecule is CCc1nccn1Cc1ccc(-c2cc(CC(C)C)sc2N[SH](=O)=O)cc1. The molecule has 0 fully saturated rings. The molecule has 3 aromatic rings. The number of imidazole rings is 1. The second-order valence-corrected chi connectivity index (χ2v) is 8.82. The molecule has 0 saturated carbocycles. The average molecular weight is 404 g/mol. The largest absolute Gasteiger partial charge is 0.331 e. The van der Waals surface area contributed by atoms with Crippen LogP contribution in [-0.4, -0.2) is 18.0 Å². The molecule has 27 heavy (non-hydrogen) atoms. The molecule has 0 aliphatic carbocycles. The molecule has 2 heterocycles. The monoisotopic (exact) mass is 403 g/mol. The van der Waals surface area contributed by atoms with E-state index < -0.39 is 10.9 Å². The minimum atomic E-state index is -2.68. The van der Waals surface area contributed by atoms with Crippen LogP contribution in [0.15, 0.2) is 42.7 Å². The smallest absolute Gasteiger partial charge is 0.223 e. The zero-order valence-corrected chi connectivity index (χ0v) is 17.5. The summed E-state index contributed by atoms with van der Waals surface area (Å²) in [7, 11) is -2.68. The first-order valence-electron chi connectivity index (χ1n) is 9.09. The van der Waals surface area contributed by atoms with Crippen LogP contribution < -0.4 is 4.72 Å². The topological polar surface area (TPSA) is 64.0 Å². The highest BCUT2D eigenvalue weighted by atomic mass is 32.2.